The number of H-pyrrole nitrogens is 1. The monoisotopic (exact) mass is 303 g/mol. The molecule has 1 aliphatic rings. The van der Waals surface area contributed by atoms with Gasteiger partial charge in [-0.1, -0.05) is 0 Å². The normalized spacial score (nSPS) is 16.6. The van der Waals surface area contributed by atoms with Crippen LogP contribution in [0.1, 0.15) is 19.4 Å². The molecule has 4 nitrogen and oxygen atoms in total. The summed E-state index contributed by atoms with van der Waals surface area (Å²) >= 11 is 0. The number of benzene rings is 1. The highest BCUT2D eigenvalue weighted by Crippen LogP contribution is 2.20. The molecule has 0 atom stereocenters. The average molecular weight is 303 g/mol. The summed E-state index contributed by atoms with van der Waals surface area (Å²) in [5.41, 5.74) is 1.68. The number of nitrogens with one attached hydrogen (secondary N) is 1. The number of halogens is 1. The first-order chi connectivity index (χ1) is 10.5. The van der Waals surface area contributed by atoms with E-state index in [9.17, 15) is 9.18 Å². The van der Waals surface area contributed by atoms with Crippen LogP contribution in [0.2, 0.25) is 0 Å². The SMILES string of the molecule is CC(C)N1CCN(C(=O)Cc2c[nH]c3cc(F)ccc23)CC1. The highest BCUT2D eigenvalue weighted by atomic mass is 19.1. The molecular weight excluding hydrogens is 281 g/mol. The van der Waals surface area contributed by atoms with E-state index in [0.29, 0.717) is 12.5 Å². The van der Waals surface area contributed by atoms with Gasteiger partial charge in [0, 0.05) is 49.3 Å². The number of carbonyl (C=O) groups excluding carboxylic acids is 1. The van der Waals surface area contributed by atoms with Crippen LogP contribution in [0.15, 0.2) is 24.4 Å². The van der Waals surface area contributed by atoms with Crippen LogP contribution < -0.4 is 0 Å². The minimum absolute atomic E-state index is 0.147. The summed E-state index contributed by atoms with van der Waals surface area (Å²) < 4.78 is 13.2. The van der Waals surface area contributed by atoms with Crippen molar-refractivity contribution in [3.8, 4) is 0 Å². The number of nitrogens with zero attached hydrogens (tertiary/aromatic N) is 2. The number of rotatable bonds is 3. The van der Waals surface area contributed by atoms with E-state index in [2.05, 4.69) is 23.7 Å². The predicted octanol–water partition coefficient (Wildman–Crippen LogP) is 2.40. The lowest BCUT2D eigenvalue weighted by molar-refractivity contribution is -0.132. The van der Waals surface area contributed by atoms with E-state index < -0.39 is 0 Å². The highest BCUT2D eigenvalue weighted by molar-refractivity contribution is 5.89. The Morgan fingerprint density at radius 1 is 1.27 bits per heavy atom. The Bertz CT molecular complexity index is 672. The molecule has 0 aliphatic carbocycles. The van der Waals surface area contributed by atoms with E-state index in [-0.39, 0.29) is 11.7 Å². The van der Waals surface area contributed by atoms with Crippen molar-refractivity contribution in [3.63, 3.8) is 0 Å². The Hall–Kier alpha value is -1.88. The van der Waals surface area contributed by atoms with Gasteiger partial charge in [-0.05, 0) is 37.6 Å². The van der Waals surface area contributed by atoms with Crippen LogP contribution in [0.4, 0.5) is 4.39 Å². The largest absolute Gasteiger partial charge is 0.361 e. The van der Waals surface area contributed by atoms with Gasteiger partial charge in [0.25, 0.3) is 0 Å². The Kier molecular flexibility index (Phi) is 4.16. The minimum atomic E-state index is -0.267. The third-order valence-electron chi connectivity index (χ3n) is 4.47. The highest BCUT2D eigenvalue weighted by Gasteiger charge is 2.23. The first-order valence-electron chi connectivity index (χ1n) is 7.82. The molecule has 22 heavy (non-hydrogen) atoms. The molecular formula is C17H22FN3O. The average Bonchev–Trinajstić information content (AvgIpc) is 2.89. The Balaban J connectivity index is 1.66. The maximum atomic E-state index is 13.2. The van der Waals surface area contributed by atoms with E-state index in [1.807, 2.05) is 11.1 Å². The van der Waals surface area contributed by atoms with Gasteiger partial charge in [0.1, 0.15) is 5.82 Å². The Morgan fingerprint density at radius 3 is 2.68 bits per heavy atom. The molecule has 2 aromatic rings. The number of aromatic nitrogens is 1. The molecule has 5 heteroatoms. The third kappa shape index (κ3) is 2.99. The molecule has 1 fully saturated rings. The minimum Gasteiger partial charge on any atom is -0.361 e. The number of hydrogen-bond acceptors (Lipinski definition) is 2. The van der Waals surface area contributed by atoms with E-state index >= 15 is 0 Å². The van der Waals surface area contributed by atoms with Crippen molar-refractivity contribution in [2.24, 2.45) is 0 Å². The van der Waals surface area contributed by atoms with Gasteiger partial charge in [-0.2, -0.15) is 0 Å². The molecule has 1 N–H and O–H groups in total. The molecule has 2 heterocycles. The third-order valence-corrected chi connectivity index (χ3v) is 4.47. The van der Waals surface area contributed by atoms with E-state index in [0.717, 1.165) is 42.6 Å². The molecule has 0 radical (unpaired) electrons. The summed E-state index contributed by atoms with van der Waals surface area (Å²) in [6, 6.07) is 5.16. The van der Waals surface area contributed by atoms with Crippen molar-refractivity contribution in [2.75, 3.05) is 26.2 Å². The molecule has 0 unspecified atom stereocenters. The van der Waals surface area contributed by atoms with Crippen LogP contribution in [0.5, 0.6) is 0 Å². The number of piperazine rings is 1. The first kappa shape index (κ1) is 15.0. The lowest BCUT2D eigenvalue weighted by atomic mass is 10.1. The molecule has 1 aromatic heterocycles. The Morgan fingerprint density at radius 2 is 2.00 bits per heavy atom. The fourth-order valence-electron chi connectivity index (χ4n) is 3.07. The lowest BCUT2D eigenvalue weighted by Crippen LogP contribution is -2.51. The summed E-state index contributed by atoms with van der Waals surface area (Å²) in [6.45, 7) is 7.80. The van der Waals surface area contributed by atoms with Crippen LogP contribution in [0.25, 0.3) is 10.9 Å². The predicted molar refractivity (Wildman–Crippen MR) is 85.2 cm³/mol. The molecule has 0 saturated carbocycles. The van der Waals surface area contributed by atoms with Crippen molar-refractivity contribution in [2.45, 2.75) is 26.3 Å². The van der Waals surface area contributed by atoms with Gasteiger partial charge in [-0.25, -0.2) is 4.39 Å². The van der Waals surface area contributed by atoms with Gasteiger partial charge in [0.15, 0.2) is 0 Å². The fraction of sp³-hybridized carbons (Fsp3) is 0.471. The number of fused-ring (bicyclic) bond motifs is 1. The zero-order valence-electron chi connectivity index (χ0n) is 13.1. The van der Waals surface area contributed by atoms with Crippen molar-refractivity contribution in [1.29, 1.82) is 0 Å². The van der Waals surface area contributed by atoms with Crippen molar-refractivity contribution in [1.82, 2.24) is 14.8 Å². The standard InChI is InChI=1S/C17H22FN3O/c1-12(2)20-5-7-21(8-6-20)17(22)9-13-11-19-16-10-14(18)3-4-15(13)16/h3-4,10-12,19H,5-9H2,1-2H3. The number of amides is 1. The van der Waals surface area contributed by atoms with Crippen molar-refractivity contribution >= 4 is 16.8 Å². The summed E-state index contributed by atoms with van der Waals surface area (Å²) in [7, 11) is 0. The summed E-state index contributed by atoms with van der Waals surface area (Å²) in [5.74, 6) is -0.120. The second-order valence-electron chi connectivity index (χ2n) is 6.19. The van der Waals surface area contributed by atoms with E-state index in [1.54, 1.807) is 6.07 Å². The van der Waals surface area contributed by atoms with E-state index in [4.69, 9.17) is 0 Å². The summed E-state index contributed by atoms with van der Waals surface area (Å²) in [5, 5.41) is 0.926. The number of aromatic amines is 1. The van der Waals surface area contributed by atoms with Gasteiger partial charge in [-0.15, -0.1) is 0 Å². The second-order valence-corrected chi connectivity index (χ2v) is 6.19. The molecule has 0 bridgehead atoms. The summed E-state index contributed by atoms with van der Waals surface area (Å²) in [6.07, 6.45) is 2.18. The first-order valence-corrected chi connectivity index (χ1v) is 7.82. The van der Waals surface area contributed by atoms with Crippen LogP contribution in [-0.4, -0.2) is 52.9 Å². The van der Waals surface area contributed by atoms with Crippen LogP contribution in [0, 0.1) is 5.82 Å². The molecule has 1 aromatic carbocycles. The summed E-state index contributed by atoms with van der Waals surface area (Å²) in [4.78, 5) is 19.8. The zero-order chi connectivity index (χ0) is 15.7. The quantitative estimate of drug-likeness (QED) is 0.946. The maximum Gasteiger partial charge on any atom is 0.227 e. The van der Waals surface area contributed by atoms with Crippen molar-refractivity contribution in [3.05, 3.63) is 35.8 Å². The van der Waals surface area contributed by atoms with E-state index in [1.165, 1.54) is 12.1 Å². The van der Waals surface area contributed by atoms with Crippen molar-refractivity contribution < 1.29 is 9.18 Å². The fourth-order valence-corrected chi connectivity index (χ4v) is 3.07. The van der Waals surface area contributed by atoms with Crippen LogP contribution in [-0.2, 0) is 11.2 Å². The van der Waals surface area contributed by atoms with Gasteiger partial charge >= 0.3 is 0 Å². The van der Waals surface area contributed by atoms with Gasteiger partial charge in [0.2, 0.25) is 5.91 Å². The molecule has 1 amide bonds. The molecule has 118 valence electrons. The lowest BCUT2D eigenvalue weighted by Gasteiger charge is -2.37. The van der Waals surface area contributed by atoms with Gasteiger partial charge in [-0.3, -0.25) is 9.69 Å². The molecule has 3 rings (SSSR count). The smallest absolute Gasteiger partial charge is 0.227 e. The number of hydrogen-bond donors (Lipinski definition) is 1. The topological polar surface area (TPSA) is 39.3 Å². The molecule has 1 aliphatic heterocycles. The van der Waals surface area contributed by atoms with Gasteiger partial charge in [0.05, 0.1) is 6.42 Å². The number of carbonyl (C=O) groups is 1. The second kappa shape index (κ2) is 6.08. The molecule has 0 spiro atoms. The Labute approximate surface area is 129 Å². The zero-order valence-corrected chi connectivity index (χ0v) is 13.1. The molecule has 1 saturated heterocycles. The maximum absolute atomic E-state index is 13.2. The van der Waals surface area contributed by atoms with Crippen LogP contribution in [0.3, 0.4) is 0 Å². The van der Waals surface area contributed by atoms with Gasteiger partial charge < -0.3 is 9.88 Å². The van der Waals surface area contributed by atoms with Crippen LogP contribution >= 0.6 is 0 Å².